The Kier molecular flexibility index (Phi) is 5.02. The van der Waals surface area contributed by atoms with E-state index in [-0.39, 0.29) is 0 Å². The van der Waals surface area contributed by atoms with Crippen molar-refractivity contribution in [2.75, 3.05) is 0 Å². The summed E-state index contributed by atoms with van der Waals surface area (Å²) in [4.78, 5) is 0. The first-order chi connectivity index (χ1) is 13.6. The van der Waals surface area contributed by atoms with Crippen LogP contribution in [0.25, 0.3) is 0 Å². The Bertz CT molecular complexity index is 1020. The van der Waals surface area contributed by atoms with E-state index < -0.39 is 8.07 Å². The highest BCUT2D eigenvalue weighted by Crippen LogP contribution is 2.46. The Labute approximate surface area is 178 Å². The molecule has 0 heterocycles. The highest BCUT2D eigenvalue weighted by atomic mass is 28.3. The molecule has 0 spiro atoms. The summed E-state index contributed by atoms with van der Waals surface area (Å²) >= 11 is 0. The van der Waals surface area contributed by atoms with Gasteiger partial charge in [0.15, 0.2) is 0 Å². The van der Waals surface area contributed by atoms with Crippen LogP contribution in [-0.4, -0.2) is 8.07 Å². The van der Waals surface area contributed by atoms with E-state index in [2.05, 4.69) is 91.1 Å². The molecule has 4 rings (SSSR count). The maximum absolute atomic E-state index is 2.60. The molecule has 1 heteroatoms. The molecule has 0 saturated heterocycles. The van der Waals surface area contributed by atoms with Crippen LogP contribution in [0.2, 0.25) is 25.2 Å². The van der Waals surface area contributed by atoms with Gasteiger partial charge >= 0.3 is 0 Å². The number of hydrogen-bond donors (Lipinski definition) is 0. The molecular formula is C28H36Si. The Morgan fingerprint density at radius 1 is 0.690 bits per heavy atom. The summed E-state index contributed by atoms with van der Waals surface area (Å²) in [5, 5.41) is 0. The third kappa shape index (κ3) is 3.70. The average molecular weight is 401 g/mol. The smallest absolute Gasteiger partial charge is 0.0558 e. The van der Waals surface area contributed by atoms with E-state index in [1.54, 1.807) is 16.7 Å². The molecule has 0 saturated carbocycles. The summed E-state index contributed by atoms with van der Waals surface area (Å²) < 4.78 is 0. The van der Waals surface area contributed by atoms with Crippen LogP contribution in [-0.2, 0) is 0 Å². The van der Waals surface area contributed by atoms with Gasteiger partial charge in [0, 0.05) is 11.8 Å². The van der Waals surface area contributed by atoms with Crippen molar-refractivity contribution in [3.63, 3.8) is 0 Å². The molecule has 0 aromatic heterocycles. The van der Waals surface area contributed by atoms with Crippen LogP contribution >= 0.6 is 0 Å². The maximum Gasteiger partial charge on any atom is 0.0558 e. The second-order valence-corrected chi connectivity index (χ2v) is 15.5. The number of allylic oxidation sites excluding steroid dienone is 16. The van der Waals surface area contributed by atoms with E-state index >= 15 is 0 Å². The van der Waals surface area contributed by atoms with E-state index in [0.29, 0.717) is 11.8 Å². The fraction of sp³-hybridized carbons (Fsp3) is 0.429. The highest BCUT2D eigenvalue weighted by Gasteiger charge is 2.34. The topological polar surface area (TPSA) is 0 Å². The Morgan fingerprint density at radius 3 is 2.03 bits per heavy atom. The maximum atomic E-state index is 2.60. The highest BCUT2D eigenvalue weighted by molar-refractivity contribution is 6.78. The van der Waals surface area contributed by atoms with Crippen LogP contribution in [0, 0.1) is 11.8 Å². The largest absolute Gasteiger partial charge is 0.0700 e. The van der Waals surface area contributed by atoms with Crippen molar-refractivity contribution in [2.24, 2.45) is 11.8 Å². The fourth-order valence-electron chi connectivity index (χ4n) is 5.46. The van der Waals surface area contributed by atoms with Crippen molar-refractivity contribution < 1.29 is 0 Å². The quantitative estimate of drug-likeness (QED) is 0.417. The van der Waals surface area contributed by atoms with E-state index in [1.807, 2.05) is 0 Å². The molecule has 0 amide bonds. The van der Waals surface area contributed by atoms with Crippen molar-refractivity contribution in [1.82, 2.24) is 0 Å². The Morgan fingerprint density at radius 2 is 1.31 bits per heavy atom. The molecule has 0 aliphatic heterocycles. The molecule has 152 valence electrons. The van der Waals surface area contributed by atoms with Gasteiger partial charge in [0.05, 0.1) is 8.07 Å². The van der Waals surface area contributed by atoms with E-state index in [4.69, 9.17) is 0 Å². The zero-order valence-corrected chi connectivity index (χ0v) is 20.5. The van der Waals surface area contributed by atoms with Crippen LogP contribution in [0.15, 0.2) is 92.2 Å². The molecule has 29 heavy (non-hydrogen) atoms. The minimum Gasteiger partial charge on any atom is -0.0700 e. The van der Waals surface area contributed by atoms with Gasteiger partial charge in [0.1, 0.15) is 0 Å². The normalized spacial score (nSPS) is 26.5. The molecule has 4 aliphatic rings. The molecule has 0 aromatic carbocycles. The van der Waals surface area contributed by atoms with Crippen LogP contribution in [0.4, 0.5) is 0 Å². The van der Waals surface area contributed by atoms with Gasteiger partial charge in [-0.05, 0) is 81.5 Å². The minimum absolute atomic E-state index is 0.510. The monoisotopic (exact) mass is 400 g/mol. The standard InChI is InChI=1S/C28H36Si/c1-17-9-23-11-21(5)27(25(23)13-19(17)3)15-29(7,8)16-28-22(6)12-24-10-18(2)20(4)14-26(24)28/h9-14,23,26H,15-16H2,1-8H3. The molecule has 0 radical (unpaired) electrons. The molecule has 0 aromatic rings. The van der Waals surface area contributed by atoms with Gasteiger partial charge in [-0.25, -0.2) is 0 Å². The van der Waals surface area contributed by atoms with Gasteiger partial charge in [-0.1, -0.05) is 77.4 Å². The third-order valence-corrected chi connectivity index (χ3v) is 10.1. The third-order valence-electron chi connectivity index (χ3n) is 7.41. The van der Waals surface area contributed by atoms with Gasteiger partial charge in [-0.3, -0.25) is 0 Å². The lowest BCUT2D eigenvalue weighted by Crippen LogP contribution is -2.28. The van der Waals surface area contributed by atoms with Crippen molar-refractivity contribution in [2.45, 2.75) is 66.7 Å². The van der Waals surface area contributed by atoms with Crippen molar-refractivity contribution in [1.29, 1.82) is 0 Å². The summed E-state index contributed by atoms with van der Waals surface area (Å²) in [5.74, 6) is 1.04. The van der Waals surface area contributed by atoms with Crippen LogP contribution in [0.5, 0.6) is 0 Å². The molecule has 0 fully saturated rings. The molecule has 0 nitrogen and oxygen atoms in total. The van der Waals surface area contributed by atoms with Gasteiger partial charge in [-0.15, -0.1) is 0 Å². The summed E-state index contributed by atoms with van der Waals surface area (Å²) in [7, 11) is -1.44. The summed E-state index contributed by atoms with van der Waals surface area (Å²) in [6, 6.07) is 2.58. The second-order valence-electron chi connectivity index (χ2n) is 10.5. The van der Waals surface area contributed by atoms with E-state index in [0.717, 1.165) is 0 Å². The van der Waals surface area contributed by atoms with Gasteiger partial charge in [0.25, 0.3) is 0 Å². The summed E-state index contributed by atoms with van der Waals surface area (Å²) in [5.41, 5.74) is 15.2. The fourth-order valence-corrected chi connectivity index (χ4v) is 8.55. The molecule has 0 bridgehead atoms. The SMILES string of the molecule is CC1=CC2=CC(C)=C(C[Si](C)(C)CC3=C4C=C(C)C(C)=CC4C=C3C)C2C=C1C. The van der Waals surface area contributed by atoms with Crippen LogP contribution in [0.3, 0.4) is 0 Å². The number of rotatable bonds is 4. The van der Waals surface area contributed by atoms with Gasteiger partial charge in [0.2, 0.25) is 0 Å². The molecule has 0 N–H and O–H groups in total. The molecule has 4 aliphatic carbocycles. The lowest BCUT2D eigenvalue weighted by molar-refractivity contribution is 0.898. The van der Waals surface area contributed by atoms with Gasteiger partial charge < -0.3 is 0 Å². The predicted octanol–water partition coefficient (Wildman–Crippen LogP) is 8.25. The molecule has 2 unspecified atom stereocenters. The zero-order valence-electron chi connectivity index (χ0n) is 19.5. The second kappa shape index (κ2) is 7.13. The van der Waals surface area contributed by atoms with Crippen LogP contribution < -0.4 is 0 Å². The number of fused-ring (bicyclic) bond motifs is 2. The van der Waals surface area contributed by atoms with E-state index in [1.165, 1.54) is 51.1 Å². The minimum atomic E-state index is -1.44. The lowest BCUT2D eigenvalue weighted by Gasteiger charge is -2.29. The average Bonchev–Trinajstić information content (AvgIpc) is 3.06. The summed E-state index contributed by atoms with van der Waals surface area (Å²) in [6.45, 7) is 18.9. The first-order valence-corrected chi connectivity index (χ1v) is 14.5. The number of hydrogen-bond acceptors (Lipinski definition) is 0. The molecular weight excluding hydrogens is 364 g/mol. The summed E-state index contributed by atoms with van der Waals surface area (Å²) in [6.07, 6.45) is 14.8. The first-order valence-electron chi connectivity index (χ1n) is 11.1. The van der Waals surface area contributed by atoms with Gasteiger partial charge in [-0.2, -0.15) is 0 Å². The molecule has 2 atom stereocenters. The van der Waals surface area contributed by atoms with Crippen LogP contribution in [0.1, 0.15) is 41.5 Å². The van der Waals surface area contributed by atoms with Crippen molar-refractivity contribution >= 4 is 8.07 Å². The lowest BCUT2D eigenvalue weighted by atomic mass is 9.86. The van der Waals surface area contributed by atoms with Crippen molar-refractivity contribution in [3.8, 4) is 0 Å². The predicted molar refractivity (Wildman–Crippen MR) is 131 cm³/mol. The van der Waals surface area contributed by atoms with Crippen molar-refractivity contribution in [3.05, 3.63) is 92.2 Å². The zero-order chi connectivity index (χ0) is 21.1. The first kappa shape index (κ1) is 20.4. The van der Waals surface area contributed by atoms with E-state index in [9.17, 15) is 0 Å². The Hall–Kier alpha value is -1.86. The Balaban J connectivity index is 1.58.